The Labute approximate surface area is 250 Å². The largest absolute Gasteiger partial charge is 0.871 e. The minimum absolute atomic E-state index is 0.0289. The van der Waals surface area contributed by atoms with Gasteiger partial charge < -0.3 is 20.6 Å². The number of anilines is 2. The fourth-order valence-corrected chi connectivity index (χ4v) is 4.78. The standard InChI is InChI=1S/C34H46N4O4/c1-11-37(12-2)21-15-17-23(25(19-21)35-31(41)33(5,6)7)27-29(39)28(30(27)40)24-18-16-22(38(13-3)14-4)20-26(24)36-32(42)34(8,9)10/h15-20H,11-14H2,1-10H3,(H2,35,36,39,40,41,42). The molecule has 226 valence electrons. The van der Waals surface area contributed by atoms with Gasteiger partial charge in [0.15, 0.2) is 5.78 Å². The van der Waals surface area contributed by atoms with Gasteiger partial charge in [-0.1, -0.05) is 53.4 Å². The molecule has 0 aliphatic heterocycles. The van der Waals surface area contributed by atoms with Crippen LogP contribution in [0.25, 0.3) is 5.57 Å². The summed E-state index contributed by atoms with van der Waals surface area (Å²) < 4.78 is 2.13. The van der Waals surface area contributed by atoms with Crippen molar-refractivity contribution in [2.75, 3.05) is 36.4 Å². The van der Waals surface area contributed by atoms with Gasteiger partial charge in [-0.2, -0.15) is 0 Å². The molecule has 2 amide bonds. The van der Waals surface area contributed by atoms with Gasteiger partial charge in [0.25, 0.3) is 0 Å². The molecule has 0 saturated heterocycles. The van der Waals surface area contributed by atoms with Crippen molar-refractivity contribution in [3.8, 4) is 0 Å². The first kappa shape index (κ1) is 32.6. The molecule has 0 aromatic heterocycles. The molecule has 1 aromatic rings. The number of hydrogen-bond acceptors (Lipinski definition) is 5. The van der Waals surface area contributed by atoms with Gasteiger partial charge in [-0.05, 0) is 45.9 Å². The topological polar surface area (TPSA) is 105 Å². The Bertz CT molecular complexity index is 1430. The third-order valence-electron chi connectivity index (χ3n) is 7.57. The fraction of sp³-hybridized carbons (Fsp3) is 0.471. The van der Waals surface area contributed by atoms with E-state index >= 15 is 0 Å². The van der Waals surface area contributed by atoms with Crippen molar-refractivity contribution in [3.05, 3.63) is 64.6 Å². The Morgan fingerprint density at radius 3 is 1.93 bits per heavy atom. The fourth-order valence-electron chi connectivity index (χ4n) is 4.78. The summed E-state index contributed by atoms with van der Waals surface area (Å²) in [7, 11) is 0. The maximum Gasteiger partial charge on any atom is 0.229 e. The molecule has 2 aliphatic carbocycles. The monoisotopic (exact) mass is 574 g/mol. The average Bonchev–Trinajstić information content (AvgIpc) is 2.91. The van der Waals surface area contributed by atoms with E-state index < -0.39 is 22.4 Å². The number of nitrogens with one attached hydrogen (secondary N) is 2. The smallest absolute Gasteiger partial charge is 0.229 e. The van der Waals surface area contributed by atoms with E-state index in [9.17, 15) is 19.5 Å². The summed E-state index contributed by atoms with van der Waals surface area (Å²) >= 11 is 0. The van der Waals surface area contributed by atoms with Crippen molar-refractivity contribution in [3.63, 3.8) is 0 Å². The molecule has 0 bridgehead atoms. The highest BCUT2D eigenvalue weighted by Gasteiger charge is 2.35. The highest BCUT2D eigenvalue weighted by molar-refractivity contribution is 6.40. The van der Waals surface area contributed by atoms with E-state index in [1.807, 2.05) is 93.5 Å². The van der Waals surface area contributed by atoms with Gasteiger partial charge >= 0.3 is 0 Å². The molecule has 2 aliphatic rings. The van der Waals surface area contributed by atoms with Crippen LogP contribution in [-0.4, -0.2) is 54.1 Å². The van der Waals surface area contributed by atoms with E-state index in [0.29, 0.717) is 22.5 Å². The van der Waals surface area contributed by atoms with Crippen molar-refractivity contribution in [1.82, 2.24) is 5.32 Å². The summed E-state index contributed by atoms with van der Waals surface area (Å²) in [6.45, 7) is 22.1. The lowest BCUT2D eigenvalue weighted by molar-refractivity contribution is -0.519. The molecule has 42 heavy (non-hydrogen) atoms. The first-order chi connectivity index (χ1) is 19.6. The number of carbonyl (C=O) groups excluding carboxylic acids is 3. The van der Waals surface area contributed by atoms with E-state index in [-0.39, 0.29) is 23.0 Å². The third-order valence-corrected chi connectivity index (χ3v) is 7.57. The van der Waals surface area contributed by atoms with Crippen molar-refractivity contribution >= 4 is 40.3 Å². The summed E-state index contributed by atoms with van der Waals surface area (Å²) in [6, 6.07) is 5.43. The highest BCUT2D eigenvalue weighted by Crippen LogP contribution is 2.42. The van der Waals surface area contributed by atoms with E-state index in [1.165, 1.54) is 0 Å². The molecule has 8 nitrogen and oxygen atoms in total. The number of ketones is 1. The molecule has 0 fully saturated rings. The summed E-state index contributed by atoms with van der Waals surface area (Å²) in [5.41, 5.74) is 2.11. The summed E-state index contributed by atoms with van der Waals surface area (Å²) in [6.07, 6.45) is 5.43. The lowest BCUT2D eigenvalue weighted by Crippen LogP contribution is -2.38. The van der Waals surface area contributed by atoms with Crippen LogP contribution in [0.1, 0.15) is 74.8 Å². The van der Waals surface area contributed by atoms with Gasteiger partial charge in [0.05, 0.1) is 11.4 Å². The highest BCUT2D eigenvalue weighted by atomic mass is 16.3. The summed E-state index contributed by atoms with van der Waals surface area (Å²) in [5, 5.41) is 19.7. The number of amides is 2. The van der Waals surface area contributed by atoms with Crippen LogP contribution in [-0.2, 0) is 14.4 Å². The first-order valence-corrected chi connectivity index (χ1v) is 14.8. The Morgan fingerprint density at radius 1 is 0.857 bits per heavy atom. The SMILES string of the molecule is CCN(CC)c1ccc(C2=C([O-])/C(=C3/C=CC(=[N+](CC)CC)C=C3NC(=O)C(C)(C)C)C2=O)c(NC(=O)C(C)(C)C)c1. The van der Waals surface area contributed by atoms with Gasteiger partial charge in [-0.25, -0.2) is 4.58 Å². The van der Waals surface area contributed by atoms with Gasteiger partial charge in [0.2, 0.25) is 17.5 Å². The van der Waals surface area contributed by atoms with Crippen LogP contribution in [0.5, 0.6) is 0 Å². The lowest BCUT2D eigenvalue weighted by atomic mass is 9.78. The van der Waals surface area contributed by atoms with Crippen molar-refractivity contribution < 1.29 is 24.1 Å². The van der Waals surface area contributed by atoms with Crippen LogP contribution in [0.2, 0.25) is 0 Å². The molecule has 0 radical (unpaired) electrons. The van der Waals surface area contributed by atoms with Gasteiger partial charge in [0, 0.05) is 64.0 Å². The van der Waals surface area contributed by atoms with Crippen LogP contribution in [0.15, 0.2) is 59.0 Å². The quantitative estimate of drug-likeness (QED) is 0.350. The molecule has 0 atom stereocenters. The van der Waals surface area contributed by atoms with Crippen molar-refractivity contribution in [2.24, 2.45) is 10.8 Å². The van der Waals surface area contributed by atoms with Crippen LogP contribution in [0.4, 0.5) is 11.4 Å². The minimum atomic E-state index is -0.676. The zero-order chi connectivity index (χ0) is 31.6. The second kappa shape index (κ2) is 12.5. The Balaban J connectivity index is 2.19. The zero-order valence-corrected chi connectivity index (χ0v) is 26.8. The summed E-state index contributed by atoms with van der Waals surface area (Å²) in [4.78, 5) is 41.9. The average molecular weight is 575 g/mol. The van der Waals surface area contributed by atoms with Crippen LogP contribution >= 0.6 is 0 Å². The lowest BCUT2D eigenvalue weighted by Gasteiger charge is -2.35. The molecule has 0 spiro atoms. The maximum atomic E-state index is 13.8. The van der Waals surface area contributed by atoms with E-state index in [0.717, 1.165) is 37.6 Å². The van der Waals surface area contributed by atoms with Gasteiger partial charge in [-0.15, -0.1) is 0 Å². The van der Waals surface area contributed by atoms with Crippen LogP contribution < -0.4 is 20.6 Å². The number of carbonyl (C=O) groups is 3. The number of allylic oxidation sites excluding steroid dienone is 5. The van der Waals surface area contributed by atoms with Crippen molar-refractivity contribution in [1.29, 1.82) is 0 Å². The number of hydrogen-bond donors (Lipinski definition) is 2. The van der Waals surface area contributed by atoms with Crippen LogP contribution in [0.3, 0.4) is 0 Å². The second-order valence-corrected chi connectivity index (χ2v) is 12.6. The van der Waals surface area contributed by atoms with Gasteiger partial charge in [0.1, 0.15) is 13.1 Å². The van der Waals surface area contributed by atoms with E-state index in [2.05, 4.69) is 20.1 Å². The molecular formula is C34H46N4O4. The molecule has 1 aromatic carbocycles. The second-order valence-electron chi connectivity index (χ2n) is 12.6. The Kier molecular flexibility index (Phi) is 9.70. The predicted octanol–water partition coefficient (Wildman–Crippen LogP) is 4.58. The van der Waals surface area contributed by atoms with E-state index in [4.69, 9.17) is 0 Å². The van der Waals surface area contributed by atoms with E-state index in [1.54, 1.807) is 12.1 Å². The maximum absolute atomic E-state index is 13.8. The third kappa shape index (κ3) is 6.58. The number of nitrogens with zero attached hydrogens (tertiary/aromatic N) is 2. The molecule has 0 unspecified atom stereocenters. The summed E-state index contributed by atoms with van der Waals surface area (Å²) in [5.74, 6) is -1.26. The van der Waals surface area contributed by atoms with Crippen molar-refractivity contribution in [2.45, 2.75) is 69.2 Å². The molecular weight excluding hydrogens is 528 g/mol. The molecule has 0 saturated carbocycles. The molecule has 8 heteroatoms. The molecule has 2 N–H and O–H groups in total. The predicted molar refractivity (Wildman–Crippen MR) is 168 cm³/mol. The minimum Gasteiger partial charge on any atom is -0.871 e. The zero-order valence-electron chi connectivity index (χ0n) is 26.8. The normalized spacial score (nSPS) is 17.1. The van der Waals surface area contributed by atoms with Crippen LogP contribution in [0, 0.1) is 10.8 Å². The number of rotatable bonds is 8. The Morgan fingerprint density at radius 2 is 1.43 bits per heavy atom. The van der Waals surface area contributed by atoms with Gasteiger partial charge in [-0.3, -0.25) is 14.4 Å². The number of Topliss-reactive ketones (excluding diaryl/α,β-unsaturated/α-hetero) is 1. The Hall–Kier alpha value is -3.94. The molecule has 0 heterocycles. The molecule has 3 rings (SSSR count). The number of benzene rings is 1. The first-order valence-electron chi connectivity index (χ1n) is 14.8.